The van der Waals surface area contributed by atoms with Crippen molar-refractivity contribution in [1.82, 2.24) is 5.32 Å². The highest BCUT2D eigenvalue weighted by Crippen LogP contribution is 2.17. The van der Waals surface area contributed by atoms with Gasteiger partial charge < -0.3 is 15.2 Å². The summed E-state index contributed by atoms with van der Waals surface area (Å²) < 4.78 is 5.42. The predicted molar refractivity (Wildman–Crippen MR) is 80.0 cm³/mol. The Labute approximate surface area is 125 Å². The average molecular weight is 300 g/mol. The minimum Gasteiger partial charge on any atom is -0.493 e. The molecule has 0 spiro atoms. The van der Waals surface area contributed by atoms with Crippen molar-refractivity contribution in [3.05, 3.63) is 29.3 Å². The van der Waals surface area contributed by atoms with Crippen molar-refractivity contribution in [2.75, 3.05) is 13.2 Å². The molecule has 1 amide bonds. The molecule has 0 aliphatic rings. The van der Waals surface area contributed by atoms with Crippen molar-refractivity contribution in [2.45, 2.75) is 32.8 Å². The lowest BCUT2D eigenvalue weighted by molar-refractivity contribution is -0.122. The summed E-state index contributed by atoms with van der Waals surface area (Å²) in [6.07, 6.45) is 0.438. The lowest BCUT2D eigenvalue weighted by Gasteiger charge is -2.14. The molecule has 112 valence electrons. The number of carbonyl (C=O) groups excluding carboxylic acids is 1. The number of ether oxygens (including phenoxy) is 1. The SMILES string of the molecule is CC(C)CC(O)CNC(=O)CCOc1cccc(Cl)c1. The summed E-state index contributed by atoms with van der Waals surface area (Å²) in [6, 6.07) is 7.04. The van der Waals surface area contributed by atoms with Gasteiger partial charge in [0.1, 0.15) is 5.75 Å². The molecule has 1 aromatic carbocycles. The third-order valence-electron chi connectivity index (χ3n) is 2.67. The fraction of sp³-hybridized carbons (Fsp3) is 0.533. The summed E-state index contributed by atoms with van der Waals surface area (Å²) in [7, 11) is 0. The maximum Gasteiger partial charge on any atom is 0.223 e. The standard InChI is InChI=1S/C15H22ClNO3/c1-11(2)8-13(18)10-17-15(19)6-7-20-14-5-3-4-12(16)9-14/h3-5,9,11,13,18H,6-8,10H2,1-2H3,(H,17,19). The number of amides is 1. The zero-order chi connectivity index (χ0) is 15.0. The van der Waals surface area contributed by atoms with E-state index in [2.05, 4.69) is 5.32 Å². The summed E-state index contributed by atoms with van der Waals surface area (Å²) in [4.78, 5) is 11.6. The molecule has 1 atom stereocenters. The normalized spacial score (nSPS) is 12.2. The van der Waals surface area contributed by atoms with Crippen LogP contribution in [0, 0.1) is 5.92 Å². The fourth-order valence-corrected chi connectivity index (χ4v) is 1.95. The second kappa shape index (κ2) is 8.82. The molecular formula is C15H22ClNO3. The second-order valence-corrected chi connectivity index (χ2v) is 5.58. The van der Waals surface area contributed by atoms with Crippen molar-refractivity contribution in [2.24, 2.45) is 5.92 Å². The van der Waals surface area contributed by atoms with Crippen LogP contribution in [0.2, 0.25) is 5.02 Å². The topological polar surface area (TPSA) is 58.6 Å². The number of nitrogens with one attached hydrogen (secondary N) is 1. The summed E-state index contributed by atoms with van der Waals surface area (Å²) in [5.41, 5.74) is 0. The van der Waals surface area contributed by atoms with Gasteiger partial charge in [-0.15, -0.1) is 0 Å². The quantitative estimate of drug-likeness (QED) is 0.776. The van der Waals surface area contributed by atoms with Gasteiger partial charge in [0, 0.05) is 11.6 Å². The highest BCUT2D eigenvalue weighted by molar-refractivity contribution is 6.30. The first-order chi connectivity index (χ1) is 9.47. The van der Waals surface area contributed by atoms with Gasteiger partial charge in [-0.05, 0) is 30.5 Å². The van der Waals surface area contributed by atoms with E-state index in [1.54, 1.807) is 24.3 Å². The van der Waals surface area contributed by atoms with Crippen LogP contribution < -0.4 is 10.1 Å². The number of aliphatic hydroxyl groups excluding tert-OH is 1. The van der Waals surface area contributed by atoms with Crippen LogP contribution in [-0.2, 0) is 4.79 Å². The summed E-state index contributed by atoms with van der Waals surface area (Å²) in [6.45, 7) is 4.63. The zero-order valence-corrected chi connectivity index (χ0v) is 12.7. The second-order valence-electron chi connectivity index (χ2n) is 5.14. The molecule has 1 aromatic rings. The van der Waals surface area contributed by atoms with Gasteiger partial charge in [-0.2, -0.15) is 0 Å². The van der Waals surface area contributed by atoms with E-state index in [0.29, 0.717) is 23.1 Å². The van der Waals surface area contributed by atoms with Crippen LogP contribution in [0.4, 0.5) is 0 Å². The molecule has 0 radical (unpaired) electrons. The van der Waals surface area contributed by atoms with Crippen molar-refractivity contribution in [1.29, 1.82) is 0 Å². The van der Waals surface area contributed by atoms with Gasteiger partial charge in [0.2, 0.25) is 5.91 Å². The highest BCUT2D eigenvalue weighted by Gasteiger charge is 2.09. The third kappa shape index (κ3) is 7.36. The Morgan fingerprint density at radius 1 is 1.45 bits per heavy atom. The first-order valence-corrected chi connectivity index (χ1v) is 7.18. The first-order valence-electron chi connectivity index (χ1n) is 6.80. The minimum absolute atomic E-state index is 0.130. The van der Waals surface area contributed by atoms with Gasteiger partial charge in [0.15, 0.2) is 0 Å². The maximum absolute atomic E-state index is 11.6. The Hall–Kier alpha value is -1.26. The zero-order valence-electron chi connectivity index (χ0n) is 11.9. The molecule has 1 unspecified atom stereocenters. The Bertz CT molecular complexity index is 423. The Morgan fingerprint density at radius 3 is 2.85 bits per heavy atom. The van der Waals surface area contributed by atoms with Gasteiger partial charge >= 0.3 is 0 Å². The number of aliphatic hydroxyl groups is 1. The molecule has 0 aromatic heterocycles. The molecule has 1 rings (SSSR count). The molecule has 0 fully saturated rings. The Balaban J connectivity index is 2.17. The van der Waals surface area contributed by atoms with Crippen LogP contribution in [0.15, 0.2) is 24.3 Å². The van der Waals surface area contributed by atoms with E-state index in [4.69, 9.17) is 16.3 Å². The lowest BCUT2D eigenvalue weighted by atomic mass is 10.1. The maximum atomic E-state index is 11.6. The smallest absolute Gasteiger partial charge is 0.223 e. The van der Waals surface area contributed by atoms with Gasteiger partial charge in [0.05, 0.1) is 19.1 Å². The van der Waals surface area contributed by atoms with Gasteiger partial charge in [0.25, 0.3) is 0 Å². The van der Waals surface area contributed by atoms with E-state index in [0.717, 1.165) is 0 Å². The van der Waals surface area contributed by atoms with E-state index in [1.807, 2.05) is 13.8 Å². The van der Waals surface area contributed by atoms with Crippen molar-refractivity contribution < 1.29 is 14.6 Å². The van der Waals surface area contributed by atoms with Crippen LogP contribution in [0.3, 0.4) is 0 Å². The van der Waals surface area contributed by atoms with E-state index in [-0.39, 0.29) is 25.5 Å². The minimum atomic E-state index is -0.493. The number of carbonyl (C=O) groups is 1. The first kappa shape index (κ1) is 16.8. The van der Waals surface area contributed by atoms with E-state index in [1.165, 1.54) is 0 Å². The number of hydrogen-bond acceptors (Lipinski definition) is 3. The molecule has 0 aliphatic heterocycles. The van der Waals surface area contributed by atoms with E-state index >= 15 is 0 Å². The van der Waals surface area contributed by atoms with Crippen LogP contribution in [0.1, 0.15) is 26.7 Å². The molecule has 4 nitrogen and oxygen atoms in total. The van der Waals surface area contributed by atoms with Crippen LogP contribution in [-0.4, -0.2) is 30.3 Å². The number of rotatable bonds is 8. The van der Waals surface area contributed by atoms with Gasteiger partial charge in [-0.25, -0.2) is 0 Å². The number of benzene rings is 1. The number of hydrogen-bond donors (Lipinski definition) is 2. The van der Waals surface area contributed by atoms with Crippen molar-refractivity contribution >= 4 is 17.5 Å². The van der Waals surface area contributed by atoms with E-state index in [9.17, 15) is 9.90 Å². The molecule has 0 aliphatic carbocycles. The molecule has 2 N–H and O–H groups in total. The van der Waals surface area contributed by atoms with Gasteiger partial charge in [-0.1, -0.05) is 31.5 Å². The summed E-state index contributed by atoms with van der Waals surface area (Å²) in [5, 5.41) is 12.9. The van der Waals surface area contributed by atoms with Crippen LogP contribution in [0.5, 0.6) is 5.75 Å². The van der Waals surface area contributed by atoms with Crippen LogP contribution in [0.25, 0.3) is 0 Å². The molecule has 0 saturated heterocycles. The third-order valence-corrected chi connectivity index (χ3v) is 2.91. The Kier molecular flexibility index (Phi) is 7.41. The molecular weight excluding hydrogens is 278 g/mol. The molecule has 0 bridgehead atoms. The molecule has 5 heteroatoms. The molecule has 0 saturated carbocycles. The number of halogens is 1. The average Bonchev–Trinajstić information content (AvgIpc) is 2.36. The fourth-order valence-electron chi connectivity index (χ4n) is 1.77. The van der Waals surface area contributed by atoms with Crippen molar-refractivity contribution in [3.63, 3.8) is 0 Å². The molecule has 20 heavy (non-hydrogen) atoms. The van der Waals surface area contributed by atoms with Crippen molar-refractivity contribution in [3.8, 4) is 5.75 Å². The van der Waals surface area contributed by atoms with E-state index < -0.39 is 6.10 Å². The molecule has 0 heterocycles. The lowest BCUT2D eigenvalue weighted by Crippen LogP contribution is -2.33. The Morgan fingerprint density at radius 2 is 2.20 bits per heavy atom. The summed E-state index contributed by atoms with van der Waals surface area (Å²) in [5.74, 6) is 0.924. The largest absolute Gasteiger partial charge is 0.493 e. The monoisotopic (exact) mass is 299 g/mol. The van der Waals surface area contributed by atoms with Crippen LogP contribution >= 0.6 is 11.6 Å². The van der Waals surface area contributed by atoms with Gasteiger partial charge in [-0.3, -0.25) is 4.79 Å². The predicted octanol–water partition coefficient (Wildman–Crippen LogP) is 2.63. The summed E-state index contributed by atoms with van der Waals surface area (Å²) >= 11 is 5.83. The highest BCUT2D eigenvalue weighted by atomic mass is 35.5.